The van der Waals surface area contributed by atoms with Gasteiger partial charge in [-0.2, -0.15) is 0 Å². The topological polar surface area (TPSA) is 52.6 Å². The fourth-order valence-electron chi connectivity index (χ4n) is 4.51. The molecule has 4 aromatic rings. The van der Waals surface area contributed by atoms with Crippen molar-refractivity contribution in [2.75, 3.05) is 14.2 Å². The largest absolute Gasteiger partial charge is 0.465 e. The van der Waals surface area contributed by atoms with Crippen LogP contribution in [0, 0.1) is 0 Å². The number of ether oxygens (including phenoxy) is 2. The van der Waals surface area contributed by atoms with Crippen LogP contribution in [-0.4, -0.2) is 67.1 Å². The predicted octanol–water partition coefficient (Wildman–Crippen LogP) is -2.80. The second kappa shape index (κ2) is 8.62. The Kier molecular flexibility index (Phi) is 6.04. The number of carbonyl (C=O) groups excluding carboxylic acids is 2. The number of esters is 2. The lowest BCUT2D eigenvalue weighted by atomic mass is 9.87. The zero-order chi connectivity index (χ0) is 23.2. The van der Waals surface area contributed by atoms with Gasteiger partial charge >= 0.3 is 11.9 Å². The second-order valence-electron chi connectivity index (χ2n) is 8.31. The van der Waals surface area contributed by atoms with Crippen molar-refractivity contribution in [2.45, 2.75) is 0 Å². The number of carbonyl (C=O) groups is 2. The molecule has 0 saturated carbocycles. The lowest BCUT2D eigenvalue weighted by molar-refractivity contribution is 0.0590. The van der Waals surface area contributed by atoms with Crippen LogP contribution in [0.5, 0.6) is 0 Å². The van der Waals surface area contributed by atoms with Crippen molar-refractivity contribution in [3.05, 3.63) is 59.7 Å². The zero-order valence-electron chi connectivity index (χ0n) is 19.3. The highest BCUT2D eigenvalue weighted by Crippen LogP contribution is 2.38. The highest BCUT2D eigenvalue weighted by atomic mass is 28.2. The van der Waals surface area contributed by atoms with E-state index in [2.05, 4.69) is 36.4 Å². The minimum absolute atomic E-state index is 0.396. The summed E-state index contributed by atoms with van der Waals surface area (Å²) in [6.07, 6.45) is 0. The predicted molar refractivity (Wildman–Crippen MR) is 148 cm³/mol. The van der Waals surface area contributed by atoms with Crippen molar-refractivity contribution < 1.29 is 19.1 Å². The van der Waals surface area contributed by atoms with E-state index >= 15 is 0 Å². The maximum absolute atomic E-state index is 13.0. The zero-order valence-corrected chi connectivity index (χ0v) is 27.3. The number of hydrogen-bond donors (Lipinski definition) is 0. The monoisotopic (exact) mass is 490 g/mol. The summed E-state index contributed by atoms with van der Waals surface area (Å²) in [5, 5.41) is 9.11. The molecule has 0 amide bonds. The Labute approximate surface area is 199 Å². The summed E-state index contributed by atoms with van der Waals surface area (Å²) < 4.78 is 10.4. The maximum Gasteiger partial charge on any atom is 0.338 e. The smallest absolute Gasteiger partial charge is 0.338 e. The summed E-state index contributed by atoms with van der Waals surface area (Å²) >= 11 is 0. The molecule has 0 heterocycles. The van der Waals surface area contributed by atoms with Crippen LogP contribution in [0.3, 0.4) is 0 Å². The molecule has 0 atom stereocenters. The Morgan fingerprint density at radius 3 is 1.31 bits per heavy atom. The van der Waals surface area contributed by atoms with Gasteiger partial charge in [0.25, 0.3) is 0 Å². The van der Waals surface area contributed by atoms with Gasteiger partial charge in [0.15, 0.2) is 0 Å². The van der Waals surface area contributed by atoms with E-state index in [9.17, 15) is 9.59 Å². The molecule has 4 aromatic carbocycles. The molecule has 4 nitrogen and oxygen atoms in total. The molecule has 0 radical (unpaired) electrons. The van der Waals surface area contributed by atoms with E-state index in [0.717, 1.165) is 84.0 Å². The summed E-state index contributed by atoms with van der Waals surface area (Å²) in [6.45, 7) is 0. The van der Waals surface area contributed by atoms with E-state index in [4.69, 9.17) is 9.47 Å². The number of methoxy groups -OCH3 is 2. The molecule has 0 spiro atoms. The van der Waals surface area contributed by atoms with Crippen molar-refractivity contribution >= 4 is 95.2 Å². The van der Waals surface area contributed by atoms with E-state index in [0.29, 0.717) is 11.1 Å². The molecule has 4 rings (SSSR count). The average Bonchev–Trinajstić information content (AvgIpc) is 2.78. The van der Waals surface area contributed by atoms with Gasteiger partial charge in [-0.3, -0.25) is 0 Å². The van der Waals surface area contributed by atoms with E-state index in [-0.39, 0.29) is 0 Å². The quantitative estimate of drug-likeness (QED) is 0.230. The van der Waals surface area contributed by atoms with Gasteiger partial charge in [0.1, 0.15) is 0 Å². The van der Waals surface area contributed by atoms with Gasteiger partial charge in [0, 0.05) is 52.1 Å². The SMILES string of the molecule is COC(=O)c1cc([SiH3])c2cc([SiH3])ccc2c1-c1c(C(=O)OC)cc([SiH3])c2cc([SiH3])ccc12. The van der Waals surface area contributed by atoms with E-state index < -0.39 is 11.9 Å². The molecule has 0 aliphatic heterocycles. The molecule has 0 fully saturated rings. The van der Waals surface area contributed by atoms with E-state index in [1.807, 2.05) is 12.1 Å². The first-order chi connectivity index (χ1) is 15.3. The van der Waals surface area contributed by atoms with Crippen molar-refractivity contribution in [1.29, 1.82) is 0 Å². The molecular formula is C24H26O4Si4. The van der Waals surface area contributed by atoms with Gasteiger partial charge in [-0.05, 0) is 33.7 Å². The maximum atomic E-state index is 13.0. The van der Waals surface area contributed by atoms with Gasteiger partial charge in [0.2, 0.25) is 0 Å². The van der Waals surface area contributed by atoms with Crippen LogP contribution in [0.2, 0.25) is 0 Å². The Bertz CT molecular complexity index is 1320. The fraction of sp³-hybridized carbons (Fsp3) is 0.0833. The molecule has 0 aliphatic rings. The number of rotatable bonds is 3. The van der Waals surface area contributed by atoms with Crippen LogP contribution in [-0.2, 0) is 9.47 Å². The van der Waals surface area contributed by atoms with Crippen LogP contribution >= 0.6 is 0 Å². The molecule has 0 bridgehead atoms. The molecule has 0 unspecified atom stereocenters. The highest BCUT2D eigenvalue weighted by Gasteiger charge is 2.25. The lowest BCUT2D eigenvalue weighted by Gasteiger charge is -2.20. The standard InChI is InChI=1S/C24H26O4Si4/c1-27-23(25)17-9-19(31)15-7-11(29)3-5-13(15)21(17)22-14-6-4-12(30)8-16(14)20(32)10-18(22)24(26)28-2/h3-10H,1-2,29-32H3. The molecule has 0 aromatic heterocycles. The first-order valence-electron chi connectivity index (χ1n) is 10.5. The first kappa shape index (κ1) is 22.4. The highest BCUT2D eigenvalue weighted by molar-refractivity contribution is 6.44. The van der Waals surface area contributed by atoms with E-state index in [1.54, 1.807) is 0 Å². The van der Waals surface area contributed by atoms with Gasteiger partial charge in [0.05, 0.1) is 25.3 Å². The third-order valence-electron chi connectivity index (χ3n) is 6.06. The number of hydrogen-bond acceptors (Lipinski definition) is 4. The second-order valence-corrected chi connectivity index (χ2v) is 12.8. The lowest BCUT2D eigenvalue weighted by Crippen LogP contribution is -2.18. The molecule has 0 N–H and O–H groups in total. The van der Waals surface area contributed by atoms with Crippen LogP contribution in [0.4, 0.5) is 0 Å². The van der Waals surface area contributed by atoms with Crippen LogP contribution < -0.4 is 20.7 Å². The normalized spacial score (nSPS) is 11.4. The third-order valence-corrected chi connectivity index (χ3v) is 8.96. The summed E-state index contributed by atoms with van der Waals surface area (Å²) in [4.78, 5) is 25.9. The van der Waals surface area contributed by atoms with Gasteiger partial charge in [-0.1, -0.05) is 57.1 Å². The summed E-state index contributed by atoms with van der Waals surface area (Å²) in [6, 6.07) is 16.7. The van der Waals surface area contributed by atoms with Gasteiger partial charge in [-0.15, -0.1) is 0 Å². The third kappa shape index (κ3) is 3.69. The van der Waals surface area contributed by atoms with Crippen molar-refractivity contribution in [3.63, 3.8) is 0 Å². The van der Waals surface area contributed by atoms with Crippen LogP contribution in [0.25, 0.3) is 32.7 Å². The van der Waals surface area contributed by atoms with Crippen molar-refractivity contribution in [1.82, 2.24) is 0 Å². The molecule has 32 heavy (non-hydrogen) atoms. The van der Waals surface area contributed by atoms with Crippen molar-refractivity contribution in [3.8, 4) is 11.1 Å². The molecule has 0 aliphatic carbocycles. The minimum atomic E-state index is -0.396. The van der Waals surface area contributed by atoms with E-state index in [1.165, 1.54) is 24.6 Å². The van der Waals surface area contributed by atoms with Crippen LogP contribution in [0.1, 0.15) is 20.7 Å². The van der Waals surface area contributed by atoms with Gasteiger partial charge < -0.3 is 9.47 Å². The molecule has 162 valence electrons. The Hall–Kier alpha value is -2.79. The summed E-state index contributed by atoms with van der Waals surface area (Å²) in [5.41, 5.74) is 2.49. The van der Waals surface area contributed by atoms with Crippen molar-refractivity contribution in [2.24, 2.45) is 0 Å². The molecule has 0 saturated heterocycles. The Morgan fingerprint density at radius 1 is 0.594 bits per heavy atom. The minimum Gasteiger partial charge on any atom is -0.465 e. The summed E-state index contributed by atoms with van der Waals surface area (Å²) in [5.74, 6) is -0.792. The Balaban J connectivity index is 2.30. The number of fused-ring (bicyclic) bond motifs is 2. The fourth-order valence-corrected chi connectivity index (χ4v) is 6.82. The molecular weight excluding hydrogens is 465 g/mol. The summed E-state index contributed by atoms with van der Waals surface area (Å²) in [7, 11) is 6.28. The average molecular weight is 491 g/mol. The van der Waals surface area contributed by atoms with Gasteiger partial charge in [-0.25, -0.2) is 9.59 Å². The Morgan fingerprint density at radius 2 is 0.969 bits per heavy atom. The number of benzene rings is 4. The van der Waals surface area contributed by atoms with Crippen LogP contribution in [0.15, 0.2) is 48.5 Å². The molecule has 8 heteroatoms. The first-order valence-corrected chi connectivity index (χ1v) is 14.5.